The number of likely N-dealkylation sites (N-methyl/N-ethyl adjacent to an activating group) is 1. The van der Waals surface area contributed by atoms with Crippen LogP contribution in [0.15, 0.2) is 24.3 Å². The summed E-state index contributed by atoms with van der Waals surface area (Å²) in [6.45, 7) is 0.870. The van der Waals surface area contributed by atoms with Crippen LogP contribution < -0.4 is 4.74 Å². The van der Waals surface area contributed by atoms with Gasteiger partial charge < -0.3 is 9.84 Å². The molecule has 0 aromatic heterocycles. The Morgan fingerprint density at radius 2 is 2.19 bits per heavy atom. The van der Waals surface area contributed by atoms with Gasteiger partial charge in [-0.2, -0.15) is 0 Å². The van der Waals surface area contributed by atoms with Gasteiger partial charge in [-0.05, 0) is 30.8 Å². The third-order valence-electron chi connectivity index (χ3n) is 2.02. The predicted molar refractivity (Wildman–Crippen MR) is 61.8 cm³/mol. The Bertz CT molecular complexity index is 357. The number of para-hydroxylation sites is 1. The standard InChI is InChI=1S/C11H14ClNO3/c1-13(6-7-14)8-16-10-5-3-2-4-9(10)11(12)15/h2-5,14H,6-8H2,1H3. The van der Waals surface area contributed by atoms with Crippen LogP contribution in [-0.4, -0.2) is 42.2 Å². The Labute approximate surface area is 99.4 Å². The molecular weight excluding hydrogens is 230 g/mol. The first kappa shape index (κ1) is 13.0. The van der Waals surface area contributed by atoms with Crippen LogP contribution in [0, 0.1) is 0 Å². The van der Waals surface area contributed by atoms with E-state index in [1.54, 1.807) is 36.2 Å². The molecule has 0 spiro atoms. The summed E-state index contributed by atoms with van der Waals surface area (Å²) in [5.74, 6) is 0.451. The second-order valence-electron chi connectivity index (χ2n) is 3.35. The van der Waals surface area contributed by atoms with E-state index in [4.69, 9.17) is 21.4 Å². The largest absolute Gasteiger partial charge is 0.477 e. The van der Waals surface area contributed by atoms with Crippen LogP contribution in [0.5, 0.6) is 5.75 Å². The number of ether oxygens (including phenoxy) is 1. The molecule has 5 heteroatoms. The first-order valence-electron chi connectivity index (χ1n) is 4.86. The minimum absolute atomic E-state index is 0.0654. The zero-order chi connectivity index (χ0) is 12.0. The van der Waals surface area contributed by atoms with Crippen LogP contribution in [0.3, 0.4) is 0 Å². The van der Waals surface area contributed by atoms with Crippen LogP contribution in [0.4, 0.5) is 0 Å². The van der Waals surface area contributed by atoms with Crippen LogP contribution in [0.1, 0.15) is 10.4 Å². The fraction of sp³-hybridized carbons (Fsp3) is 0.364. The van der Waals surface area contributed by atoms with Crippen molar-refractivity contribution in [1.82, 2.24) is 4.90 Å². The van der Waals surface area contributed by atoms with Gasteiger partial charge in [0.05, 0.1) is 12.2 Å². The van der Waals surface area contributed by atoms with E-state index in [1.807, 2.05) is 0 Å². The zero-order valence-electron chi connectivity index (χ0n) is 9.02. The maximum atomic E-state index is 11.1. The number of aliphatic hydroxyl groups is 1. The number of nitrogens with zero attached hydrogens (tertiary/aromatic N) is 1. The summed E-state index contributed by atoms with van der Waals surface area (Å²) < 4.78 is 5.42. The quantitative estimate of drug-likeness (QED) is 0.605. The van der Waals surface area contributed by atoms with Gasteiger partial charge in [-0.1, -0.05) is 12.1 Å². The van der Waals surface area contributed by atoms with Gasteiger partial charge >= 0.3 is 0 Å². The van der Waals surface area contributed by atoms with Crippen molar-refractivity contribution in [2.24, 2.45) is 0 Å². The highest BCUT2D eigenvalue weighted by Crippen LogP contribution is 2.19. The summed E-state index contributed by atoms with van der Waals surface area (Å²) in [5.41, 5.74) is 0.349. The Morgan fingerprint density at radius 1 is 1.50 bits per heavy atom. The number of aliphatic hydroxyl groups excluding tert-OH is 1. The maximum absolute atomic E-state index is 11.1. The van der Waals surface area contributed by atoms with E-state index in [-0.39, 0.29) is 6.61 Å². The molecule has 1 N–H and O–H groups in total. The Kier molecular flexibility index (Phi) is 5.25. The number of rotatable bonds is 6. The highest BCUT2D eigenvalue weighted by molar-refractivity contribution is 6.68. The normalized spacial score (nSPS) is 10.5. The molecule has 0 radical (unpaired) electrons. The monoisotopic (exact) mass is 243 g/mol. The molecule has 1 aromatic carbocycles. The molecule has 0 heterocycles. The van der Waals surface area contributed by atoms with E-state index in [2.05, 4.69) is 0 Å². The maximum Gasteiger partial charge on any atom is 0.256 e. The summed E-state index contributed by atoms with van der Waals surface area (Å²) >= 11 is 5.41. The molecule has 0 amide bonds. The zero-order valence-corrected chi connectivity index (χ0v) is 9.78. The molecule has 0 bridgehead atoms. The number of halogens is 1. The molecule has 0 aliphatic heterocycles. The van der Waals surface area contributed by atoms with Gasteiger partial charge in [0.2, 0.25) is 0 Å². The number of hydrogen-bond acceptors (Lipinski definition) is 4. The van der Waals surface area contributed by atoms with Crippen molar-refractivity contribution in [2.45, 2.75) is 0 Å². The third kappa shape index (κ3) is 3.81. The topological polar surface area (TPSA) is 49.8 Å². The molecule has 0 saturated carbocycles. The Hall–Kier alpha value is -1.10. The van der Waals surface area contributed by atoms with Crippen molar-refractivity contribution < 1.29 is 14.6 Å². The van der Waals surface area contributed by atoms with Crippen LogP contribution in [0.2, 0.25) is 0 Å². The van der Waals surface area contributed by atoms with E-state index in [9.17, 15) is 4.79 Å². The summed E-state index contributed by atoms with van der Waals surface area (Å²) in [7, 11) is 1.81. The lowest BCUT2D eigenvalue weighted by atomic mass is 10.2. The van der Waals surface area contributed by atoms with Crippen molar-refractivity contribution in [3.8, 4) is 5.75 Å². The van der Waals surface area contributed by atoms with Crippen molar-refractivity contribution in [3.05, 3.63) is 29.8 Å². The van der Waals surface area contributed by atoms with Gasteiger partial charge in [-0.3, -0.25) is 9.69 Å². The van der Waals surface area contributed by atoms with Crippen molar-refractivity contribution in [1.29, 1.82) is 0 Å². The molecule has 4 nitrogen and oxygen atoms in total. The smallest absolute Gasteiger partial charge is 0.256 e. The Morgan fingerprint density at radius 3 is 2.81 bits per heavy atom. The lowest BCUT2D eigenvalue weighted by Crippen LogP contribution is -2.26. The van der Waals surface area contributed by atoms with Crippen molar-refractivity contribution in [3.63, 3.8) is 0 Å². The van der Waals surface area contributed by atoms with E-state index in [0.29, 0.717) is 24.6 Å². The summed E-state index contributed by atoms with van der Waals surface area (Å²) in [6.07, 6.45) is 0. The fourth-order valence-corrected chi connectivity index (χ4v) is 1.33. The van der Waals surface area contributed by atoms with E-state index in [0.717, 1.165) is 0 Å². The Balaban J connectivity index is 2.63. The molecule has 0 atom stereocenters. The highest BCUT2D eigenvalue weighted by atomic mass is 35.5. The number of hydrogen-bond donors (Lipinski definition) is 1. The molecule has 0 aliphatic rings. The van der Waals surface area contributed by atoms with E-state index < -0.39 is 5.24 Å². The SMILES string of the molecule is CN(CCO)COc1ccccc1C(=O)Cl. The lowest BCUT2D eigenvalue weighted by Gasteiger charge is -2.16. The molecule has 0 aliphatic carbocycles. The first-order chi connectivity index (χ1) is 7.65. The van der Waals surface area contributed by atoms with Gasteiger partial charge in [0.1, 0.15) is 12.5 Å². The molecule has 1 rings (SSSR count). The minimum atomic E-state index is -0.541. The van der Waals surface area contributed by atoms with Gasteiger partial charge in [-0.25, -0.2) is 0 Å². The lowest BCUT2D eigenvalue weighted by molar-refractivity contribution is 0.106. The van der Waals surface area contributed by atoms with E-state index in [1.165, 1.54) is 0 Å². The second-order valence-corrected chi connectivity index (χ2v) is 3.69. The van der Waals surface area contributed by atoms with Crippen molar-refractivity contribution >= 4 is 16.8 Å². The van der Waals surface area contributed by atoms with Gasteiger partial charge in [0, 0.05) is 6.54 Å². The van der Waals surface area contributed by atoms with Crippen molar-refractivity contribution in [2.75, 3.05) is 26.9 Å². The van der Waals surface area contributed by atoms with Crippen LogP contribution in [0.25, 0.3) is 0 Å². The van der Waals surface area contributed by atoms with E-state index >= 15 is 0 Å². The molecule has 0 fully saturated rings. The average Bonchev–Trinajstić information content (AvgIpc) is 2.27. The molecule has 16 heavy (non-hydrogen) atoms. The van der Waals surface area contributed by atoms with Gasteiger partial charge in [0.15, 0.2) is 0 Å². The summed E-state index contributed by atoms with van der Waals surface area (Å²) in [4.78, 5) is 12.9. The molecule has 88 valence electrons. The predicted octanol–water partition coefficient (Wildman–Crippen LogP) is 1.33. The number of benzene rings is 1. The molecule has 1 aromatic rings. The summed E-state index contributed by atoms with van der Waals surface area (Å²) in [5, 5.41) is 8.16. The van der Waals surface area contributed by atoms with Crippen LogP contribution in [-0.2, 0) is 0 Å². The van der Waals surface area contributed by atoms with Gasteiger partial charge in [0.25, 0.3) is 5.24 Å². The van der Waals surface area contributed by atoms with Gasteiger partial charge in [-0.15, -0.1) is 0 Å². The van der Waals surface area contributed by atoms with Crippen LogP contribution >= 0.6 is 11.6 Å². The first-order valence-corrected chi connectivity index (χ1v) is 5.24. The highest BCUT2D eigenvalue weighted by Gasteiger charge is 2.09. The minimum Gasteiger partial charge on any atom is -0.477 e. The summed E-state index contributed by atoms with van der Waals surface area (Å²) in [6, 6.07) is 6.78. The molecule has 0 saturated heterocycles. The fourth-order valence-electron chi connectivity index (χ4n) is 1.17. The average molecular weight is 244 g/mol. The third-order valence-corrected chi connectivity index (χ3v) is 2.22. The molecular formula is C11H14ClNO3. The second kappa shape index (κ2) is 6.48. The number of carbonyl (C=O) groups excluding carboxylic acids is 1. The number of carbonyl (C=O) groups is 1. The molecule has 0 unspecified atom stereocenters.